The highest BCUT2D eigenvalue weighted by Crippen LogP contribution is 2.57. The van der Waals surface area contributed by atoms with Crippen molar-refractivity contribution in [2.24, 2.45) is 53.3 Å². The third-order valence-corrected chi connectivity index (χ3v) is 12.9. The van der Waals surface area contributed by atoms with Crippen LogP contribution in [0.25, 0.3) is 0 Å². The third kappa shape index (κ3) is 4.95. The lowest BCUT2D eigenvalue weighted by molar-refractivity contribution is -0.444. The van der Waals surface area contributed by atoms with Crippen molar-refractivity contribution in [1.29, 1.82) is 0 Å². The van der Waals surface area contributed by atoms with Crippen LogP contribution in [0.15, 0.2) is 12.2 Å². The Morgan fingerprint density at radius 3 is 2.08 bits per heavy atom. The van der Waals surface area contributed by atoms with E-state index in [1.807, 2.05) is 0 Å². The molecule has 2 aliphatic carbocycles. The number of hydrogen-bond donors (Lipinski definition) is 1. The van der Waals surface area contributed by atoms with Crippen LogP contribution in [0.5, 0.6) is 0 Å². The second kappa shape index (κ2) is 11.5. The molecule has 6 nitrogen and oxygen atoms in total. The zero-order valence-electron chi connectivity index (χ0n) is 25.9. The van der Waals surface area contributed by atoms with Crippen molar-refractivity contribution in [3.63, 3.8) is 0 Å². The van der Waals surface area contributed by atoms with Crippen LogP contribution in [-0.2, 0) is 23.8 Å². The van der Waals surface area contributed by atoms with Gasteiger partial charge in [0.05, 0.1) is 24.4 Å². The van der Waals surface area contributed by atoms with Crippen molar-refractivity contribution in [2.75, 3.05) is 0 Å². The van der Waals surface area contributed by atoms with Crippen molar-refractivity contribution in [3.8, 4) is 0 Å². The average Bonchev–Trinajstić information content (AvgIpc) is 3.17. The van der Waals surface area contributed by atoms with Gasteiger partial charge in [-0.25, -0.2) is 4.89 Å². The summed E-state index contributed by atoms with van der Waals surface area (Å²) >= 11 is 0. The van der Waals surface area contributed by atoms with Crippen molar-refractivity contribution < 1.29 is 29.1 Å². The average molecular weight is 561 g/mol. The van der Waals surface area contributed by atoms with Crippen molar-refractivity contribution in [2.45, 2.75) is 148 Å². The molecule has 4 saturated heterocycles. The maximum absolute atomic E-state index is 10.5. The van der Waals surface area contributed by atoms with Gasteiger partial charge in [0.25, 0.3) is 0 Å². The first-order valence-corrected chi connectivity index (χ1v) is 16.7. The molecule has 4 heterocycles. The van der Waals surface area contributed by atoms with E-state index < -0.39 is 11.9 Å². The molecule has 40 heavy (non-hydrogen) atoms. The fraction of sp³-hybridized carbons (Fsp3) is 0.941. The summed E-state index contributed by atoms with van der Waals surface area (Å²) in [6.07, 6.45) is 10.7. The lowest BCUT2D eigenvalue weighted by Crippen LogP contribution is -2.67. The van der Waals surface area contributed by atoms with Crippen LogP contribution < -0.4 is 0 Å². The van der Waals surface area contributed by atoms with E-state index in [0.29, 0.717) is 23.7 Å². The Morgan fingerprint density at radius 2 is 1.32 bits per heavy atom. The largest absolute Gasteiger partial charge is 0.349 e. The molecule has 1 N–H and O–H groups in total. The van der Waals surface area contributed by atoms with E-state index in [1.54, 1.807) is 0 Å². The summed E-state index contributed by atoms with van der Waals surface area (Å²) in [4.78, 5) is 5.52. The minimum Gasteiger partial charge on any atom is -0.349 e. The van der Waals surface area contributed by atoms with Gasteiger partial charge in [0.2, 0.25) is 0 Å². The predicted molar refractivity (Wildman–Crippen MR) is 154 cm³/mol. The fourth-order valence-electron chi connectivity index (χ4n) is 10.5. The van der Waals surface area contributed by atoms with E-state index in [0.717, 1.165) is 56.8 Å². The van der Waals surface area contributed by atoms with Crippen LogP contribution in [0.4, 0.5) is 0 Å². The summed E-state index contributed by atoms with van der Waals surface area (Å²) in [6.45, 7) is 18.4. The number of hydrogen-bond acceptors (Lipinski definition) is 6. The molecule has 0 amide bonds. The molecule has 6 rings (SSSR count). The summed E-state index contributed by atoms with van der Waals surface area (Å²) in [5.41, 5.74) is 0.409. The molecule has 0 aromatic heterocycles. The van der Waals surface area contributed by atoms with Gasteiger partial charge in [0.1, 0.15) is 0 Å². The summed E-state index contributed by atoms with van der Waals surface area (Å²) in [6, 6.07) is 0. The number of ether oxygens (including phenoxy) is 4. The molecule has 228 valence electrons. The third-order valence-electron chi connectivity index (χ3n) is 12.9. The molecule has 6 heteroatoms. The van der Waals surface area contributed by atoms with Crippen molar-refractivity contribution >= 4 is 0 Å². The molecule has 0 spiro atoms. The quantitative estimate of drug-likeness (QED) is 0.212. The standard InChI is InChI=1S/C34H56O6/c1-18(16-29-23(6)26-12-8-19(2)25-13-10-21(4)36-32(38-29)31(25)26)17-30-24(7)28-14-9-20(3)27-15-11-22(5)37-33(39-30)34(27,28)40-35/h19-33,35H,1,8-17H2,2-7H3. The fourth-order valence-corrected chi connectivity index (χ4v) is 10.5. The zero-order chi connectivity index (χ0) is 28.3. The zero-order valence-corrected chi connectivity index (χ0v) is 25.9. The first-order valence-electron chi connectivity index (χ1n) is 16.7. The predicted octanol–water partition coefficient (Wildman–Crippen LogP) is 7.61. The molecule has 6 aliphatic rings. The van der Waals surface area contributed by atoms with Gasteiger partial charge in [0.15, 0.2) is 18.2 Å². The van der Waals surface area contributed by atoms with Gasteiger partial charge in [-0.2, -0.15) is 0 Å². The first-order chi connectivity index (χ1) is 19.1. The molecule has 0 aromatic carbocycles. The van der Waals surface area contributed by atoms with Crippen LogP contribution in [0.1, 0.15) is 106 Å². The Labute approximate surface area is 242 Å². The maximum atomic E-state index is 10.5. The monoisotopic (exact) mass is 560 g/mol. The first kappa shape index (κ1) is 29.6. The van der Waals surface area contributed by atoms with E-state index in [2.05, 4.69) is 48.1 Å². The molecule has 16 atom stereocenters. The van der Waals surface area contributed by atoms with Gasteiger partial charge in [-0.3, -0.25) is 5.26 Å². The molecule has 6 fully saturated rings. The summed E-state index contributed by atoms with van der Waals surface area (Å²) in [5.74, 6) is 4.33. The van der Waals surface area contributed by atoms with Crippen molar-refractivity contribution in [3.05, 3.63) is 12.2 Å². The van der Waals surface area contributed by atoms with Gasteiger partial charge in [-0.05, 0) is 113 Å². The van der Waals surface area contributed by atoms with E-state index in [4.69, 9.17) is 23.8 Å². The van der Waals surface area contributed by atoms with Gasteiger partial charge >= 0.3 is 0 Å². The minimum atomic E-state index is -0.780. The Morgan fingerprint density at radius 1 is 0.700 bits per heavy atom. The van der Waals surface area contributed by atoms with Crippen LogP contribution >= 0.6 is 0 Å². The van der Waals surface area contributed by atoms with Crippen LogP contribution in [-0.4, -0.2) is 47.9 Å². The second-order valence-electron chi connectivity index (χ2n) is 15.1. The highest BCUT2D eigenvalue weighted by atomic mass is 17.1. The van der Waals surface area contributed by atoms with E-state index >= 15 is 0 Å². The van der Waals surface area contributed by atoms with Gasteiger partial charge in [0, 0.05) is 11.8 Å². The topological polar surface area (TPSA) is 66.4 Å². The van der Waals surface area contributed by atoms with Crippen LogP contribution in [0, 0.1) is 53.3 Å². The Balaban J connectivity index is 1.17. The minimum absolute atomic E-state index is 0.00848. The normalized spacial score (nSPS) is 54.4. The lowest BCUT2D eigenvalue weighted by atomic mass is 9.57. The van der Waals surface area contributed by atoms with E-state index in [-0.39, 0.29) is 48.5 Å². The summed E-state index contributed by atoms with van der Waals surface area (Å²) in [7, 11) is 0. The van der Waals surface area contributed by atoms with Gasteiger partial charge in [-0.1, -0.05) is 46.3 Å². The SMILES string of the molecule is C=C(CC1OC2OC(C)CCC3C(C)CCC(C1C)C23)CC1OC2OC(C)CCC3C(C)CCC(C1C)C23OO. The highest BCUT2D eigenvalue weighted by Gasteiger charge is 2.64. The van der Waals surface area contributed by atoms with Crippen molar-refractivity contribution in [1.82, 2.24) is 0 Å². The van der Waals surface area contributed by atoms with Crippen LogP contribution in [0.2, 0.25) is 0 Å². The molecule has 4 aliphatic heterocycles. The molecule has 0 radical (unpaired) electrons. The molecule has 2 saturated carbocycles. The smallest absolute Gasteiger partial charge is 0.190 e. The van der Waals surface area contributed by atoms with Gasteiger partial charge < -0.3 is 18.9 Å². The Hall–Kier alpha value is -0.500. The van der Waals surface area contributed by atoms with Crippen LogP contribution in [0.3, 0.4) is 0 Å². The number of rotatable bonds is 5. The highest BCUT2D eigenvalue weighted by molar-refractivity contribution is 5.11. The maximum Gasteiger partial charge on any atom is 0.190 e. The molecule has 0 aromatic rings. The second-order valence-corrected chi connectivity index (χ2v) is 15.1. The molecular formula is C34H56O6. The molecular weight excluding hydrogens is 504 g/mol. The van der Waals surface area contributed by atoms with Gasteiger partial charge in [-0.15, -0.1) is 0 Å². The molecule has 0 bridgehead atoms. The van der Waals surface area contributed by atoms with E-state index in [1.165, 1.54) is 24.8 Å². The summed E-state index contributed by atoms with van der Waals surface area (Å²) in [5, 5.41) is 10.5. The summed E-state index contributed by atoms with van der Waals surface area (Å²) < 4.78 is 26.7. The Bertz CT molecular complexity index is 909. The van der Waals surface area contributed by atoms with E-state index in [9.17, 15) is 5.26 Å². The molecule has 16 unspecified atom stereocenters. The lowest BCUT2D eigenvalue weighted by Gasteiger charge is -2.58. The Kier molecular flexibility index (Phi) is 8.53.